The van der Waals surface area contributed by atoms with Gasteiger partial charge < -0.3 is 10.7 Å². The molecule has 1 aliphatic heterocycles. The van der Waals surface area contributed by atoms with E-state index in [2.05, 4.69) is 43.2 Å². The van der Waals surface area contributed by atoms with Crippen molar-refractivity contribution in [2.75, 3.05) is 5.32 Å². The van der Waals surface area contributed by atoms with Crippen molar-refractivity contribution in [3.8, 4) is 0 Å². The van der Waals surface area contributed by atoms with Gasteiger partial charge in [0.15, 0.2) is 16.6 Å². The molecule has 10 heteroatoms. The van der Waals surface area contributed by atoms with Crippen LogP contribution in [0.2, 0.25) is 0 Å². The molecule has 0 spiro atoms. The zero-order chi connectivity index (χ0) is 18.8. The first kappa shape index (κ1) is 17.4. The molecule has 3 heterocycles. The van der Waals surface area contributed by atoms with E-state index in [0.29, 0.717) is 22.7 Å². The van der Waals surface area contributed by atoms with E-state index in [9.17, 15) is 4.79 Å². The number of hydrazine groups is 1. The van der Waals surface area contributed by atoms with Crippen LogP contribution in [0.1, 0.15) is 20.3 Å². The third kappa shape index (κ3) is 4.07. The maximum absolute atomic E-state index is 11.1. The average Bonchev–Trinajstić information content (AvgIpc) is 3.25. The molecular formula is C17H18N8OS. The quantitative estimate of drug-likeness (QED) is 0.593. The summed E-state index contributed by atoms with van der Waals surface area (Å²) in [6, 6.07) is 9.67. The smallest absolute Gasteiger partial charge is 0.221 e. The van der Waals surface area contributed by atoms with E-state index >= 15 is 0 Å². The van der Waals surface area contributed by atoms with Crippen LogP contribution >= 0.6 is 11.8 Å². The largest absolute Gasteiger partial charge is 0.326 e. The van der Waals surface area contributed by atoms with Gasteiger partial charge in [-0.25, -0.2) is 20.4 Å². The summed E-state index contributed by atoms with van der Waals surface area (Å²) >= 11 is 1.45. The maximum Gasteiger partial charge on any atom is 0.221 e. The van der Waals surface area contributed by atoms with Crippen LogP contribution in [0.5, 0.6) is 0 Å². The van der Waals surface area contributed by atoms with Gasteiger partial charge in [0.2, 0.25) is 5.91 Å². The number of aliphatic imine (C=N–C) groups is 1. The Hall–Kier alpha value is -2.98. The molecule has 1 aliphatic rings. The number of aromatic nitrogens is 4. The Balaban J connectivity index is 1.62. The molecule has 27 heavy (non-hydrogen) atoms. The number of fused-ring (bicyclic) bond motifs is 1. The third-order valence-electron chi connectivity index (χ3n) is 3.82. The molecule has 1 aromatic carbocycles. The van der Waals surface area contributed by atoms with Crippen LogP contribution in [0.3, 0.4) is 0 Å². The summed E-state index contributed by atoms with van der Waals surface area (Å²) < 4.78 is 1.68. The maximum atomic E-state index is 11.1. The highest BCUT2D eigenvalue weighted by Crippen LogP contribution is 2.29. The standard InChI is InChI=1S/C17H18N8OS/c1-10-7-15(24-23-10)21-14-8-16-18-9-19-25(16)17(22-14)27-13-5-3-12(4-6-13)20-11(2)26/h3-6,8-10,23H,7H2,1-2H3,(H,20,26)(H,21,24). The highest BCUT2D eigenvalue weighted by atomic mass is 32.2. The molecule has 0 radical (unpaired) electrons. The summed E-state index contributed by atoms with van der Waals surface area (Å²) in [6.07, 6.45) is 2.31. The van der Waals surface area contributed by atoms with Gasteiger partial charge in [-0.2, -0.15) is 9.61 Å². The fraction of sp³-hybridized carbons (Fsp3) is 0.235. The Morgan fingerprint density at radius 3 is 2.89 bits per heavy atom. The van der Waals surface area contributed by atoms with Crippen molar-refractivity contribution in [1.29, 1.82) is 0 Å². The minimum absolute atomic E-state index is 0.0995. The highest BCUT2D eigenvalue weighted by molar-refractivity contribution is 7.99. The van der Waals surface area contributed by atoms with Gasteiger partial charge >= 0.3 is 0 Å². The van der Waals surface area contributed by atoms with Crippen molar-refractivity contribution >= 4 is 40.7 Å². The fourth-order valence-corrected chi connectivity index (χ4v) is 3.49. The van der Waals surface area contributed by atoms with Crippen LogP contribution in [0.4, 0.5) is 11.5 Å². The van der Waals surface area contributed by atoms with E-state index in [1.165, 1.54) is 25.0 Å². The molecule has 4 rings (SSSR count). The molecule has 0 bridgehead atoms. The number of carbonyl (C=O) groups excluding carboxylic acids is 1. The van der Waals surface area contributed by atoms with Gasteiger partial charge in [-0.05, 0) is 43.0 Å². The van der Waals surface area contributed by atoms with Crippen molar-refractivity contribution in [1.82, 2.24) is 30.4 Å². The van der Waals surface area contributed by atoms with Crippen LogP contribution in [-0.2, 0) is 4.79 Å². The lowest BCUT2D eigenvalue weighted by molar-refractivity contribution is -0.114. The van der Waals surface area contributed by atoms with Crippen LogP contribution in [0, 0.1) is 0 Å². The molecule has 1 atom stereocenters. The Bertz CT molecular complexity index is 1010. The second-order valence-corrected chi connectivity index (χ2v) is 7.21. The Labute approximate surface area is 159 Å². The van der Waals surface area contributed by atoms with Crippen molar-refractivity contribution in [3.05, 3.63) is 36.7 Å². The molecule has 2 aromatic heterocycles. The van der Waals surface area contributed by atoms with Gasteiger partial charge in [-0.1, -0.05) is 0 Å². The van der Waals surface area contributed by atoms with E-state index in [1.807, 2.05) is 24.3 Å². The number of anilines is 1. The average molecular weight is 382 g/mol. The SMILES string of the molecule is CC(=O)Nc1ccc(Sc2nc(/N=C3/CC(C)NN3)cc3ncnn23)cc1. The molecule has 3 aromatic rings. The molecule has 1 saturated heterocycles. The molecule has 1 fully saturated rings. The second kappa shape index (κ2) is 7.33. The first-order chi connectivity index (χ1) is 13.1. The number of nitrogens with zero attached hydrogens (tertiary/aromatic N) is 5. The van der Waals surface area contributed by atoms with Gasteiger partial charge in [-0.15, -0.1) is 0 Å². The number of nitrogens with one attached hydrogen (secondary N) is 3. The molecule has 0 saturated carbocycles. The third-order valence-corrected chi connectivity index (χ3v) is 4.77. The molecule has 138 valence electrons. The number of benzene rings is 1. The summed E-state index contributed by atoms with van der Waals surface area (Å²) in [5.74, 6) is 1.32. The summed E-state index contributed by atoms with van der Waals surface area (Å²) in [7, 11) is 0. The number of amidine groups is 1. The van der Waals surface area contributed by atoms with Crippen LogP contribution in [-0.4, -0.2) is 37.4 Å². The number of rotatable bonds is 4. The summed E-state index contributed by atoms with van der Waals surface area (Å²) in [5.41, 5.74) is 7.61. The molecule has 3 N–H and O–H groups in total. The van der Waals surface area contributed by atoms with Gasteiger partial charge in [0, 0.05) is 36.0 Å². The topological polar surface area (TPSA) is 109 Å². The fourth-order valence-electron chi connectivity index (χ4n) is 2.64. The lowest BCUT2D eigenvalue weighted by Gasteiger charge is -2.06. The van der Waals surface area contributed by atoms with Crippen molar-refractivity contribution < 1.29 is 4.79 Å². The highest BCUT2D eigenvalue weighted by Gasteiger charge is 2.16. The lowest BCUT2D eigenvalue weighted by Crippen LogP contribution is -2.29. The van der Waals surface area contributed by atoms with Crippen molar-refractivity contribution in [2.24, 2.45) is 4.99 Å². The van der Waals surface area contributed by atoms with Crippen molar-refractivity contribution in [3.63, 3.8) is 0 Å². The number of hydrogen-bond acceptors (Lipinski definition) is 7. The normalized spacial score (nSPS) is 18.0. The Kier molecular flexibility index (Phi) is 4.73. The molecule has 9 nitrogen and oxygen atoms in total. The minimum atomic E-state index is -0.0995. The second-order valence-electron chi connectivity index (χ2n) is 6.17. The zero-order valence-electron chi connectivity index (χ0n) is 14.8. The van der Waals surface area contributed by atoms with Crippen LogP contribution in [0.25, 0.3) is 5.65 Å². The van der Waals surface area contributed by atoms with Crippen molar-refractivity contribution in [2.45, 2.75) is 36.4 Å². The predicted octanol–water partition coefficient (Wildman–Crippen LogP) is 2.15. The van der Waals surface area contributed by atoms with Gasteiger partial charge in [-0.3, -0.25) is 4.79 Å². The Morgan fingerprint density at radius 1 is 1.37 bits per heavy atom. The van der Waals surface area contributed by atoms with Crippen LogP contribution < -0.4 is 16.2 Å². The summed E-state index contributed by atoms with van der Waals surface area (Å²) in [6.45, 7) is 3.56. The molecular weight excluding hydrogens is 364 g/mol. The van der Waals surface area contributed by atoms with Gasteiger partial charge in [0.05, 0.1) is 0 Å². The number of carbonyl (C=O) groups is 1. The van der Waals surface area contributed by atoms with E-state index in [1.54, 1.807) is 10.6 Å². The molecule has 1 unspecified atom stereocenters. The monoisotopic (exact) mass is 382 g/mol. The van der Waals surface area contributed by atoms with E-state index in [0.717, 1.165) is 22.8 Å². The first-order valence-corrected chi connectivity index (χ1v) is 9.24. The van der Waals surface area contributed by atoms with E-state index in [4.69, 9.17) is 0 Å². The van der Waals surface area contributed by atoms with Crippen LogP contribution in [0.15, 0.2) is 51.7 Å². The van der Waals surface area contributed by atoms with Gasteiger partial charge in [0.25, 0.3) is 0 Å². The number of hydrogen-bond donors (Lipinski definition) is 3. The summed E-state index contributed by atoms with van der Waals surface area (Å²) in [4.78, 5) is 25.6. The summed E-state index contributed by atoms with van der Waals surface area (Å²) in [5, 5.41) is 7.66. The van der Waals surface area contributed by atoms with E-state index < -0.39 is 0 Å². The Morgan fingerprint density at radius 2 is 2.19 bits per heavy atom. The van der Waals surface area contributed by atoms with Gasteiger partial charge in [0.1, 0.15) is 12.2 Å². The predicted molar refractivity (Wildman–Crippen MR) is 103 cm³/mol. The van der Waals surface area contributed by atoms with E-state index in [-0.39, 0.29) is 5.91 Å². The molecule has 1 amide bonds. The number of amides is 1. The lowest BCUT2D eigenvalue weighted by atomic mass is 10.3. The zero-order valence-corrected chi connectivity index (χ0v) is 15.6. The molecule has 0 aliphatic carbocycles. The first-order valence-electron chi connectivity index (χ1n) is 8.42. The minimum Gasteiger partial charge on any atom is -0.326 e.